The van der Waals surface area contributed by atoms with Gasteiger partial charge in [-0.25, -0.2) is 0 Å². The van der Waals surface area contributed by atoms with Gasteiger partial charge in [0.2, 0.25) is 0 Å². The summed E-state index contributed by atoms with van der Waals surface area (Å²) in [7, 11) is 1.74. The van der Waals surface area contributed by atoms with E-state index in [2.05, 4.69) is 34.6 Å². The molecule has 160 valence electrons. The van der Waals surface area contributed by atoms with Gasteiger partial charge in [0, 0.05) is 50.1 Å². The van der Waals surface area contributed by atoms with Crippen molar-refractivity contribution in [2.24, 2.45) is 0 Å². The van der Waals surface area contributed by atoms with Crippen LogP contribution in [0.25, 0.3) is 10.8 Å². The first-order chi connectivity index (χ1) is 15.0. The van der Waals surface area contributed by atoms with E-state index in [1.165, 1.54) is 0 Å². The SMILES string of the molecule is COC1(c2cc3c(N[C@H](C)c4cccc(C#N)c4C)nnc(C)c3cn2)CCOCC1. The number of ether oxygens (including phenoxy) is 2. The Kier molecular flexibility index (Phi) is 5.86. The van der Waals surface area contributed by atoms with Crippen molar-refractivity contribution in [3.05, 3.63) is 58.5 Å². The summed E-state index contributed by atoms with van der Waals surface area (Å²) in [5, 5.41) is 23.6. The third-order valence-electron chi connectivity index (χ3n) is 6.32. The minimum absolute atomic E-state index is 0.0513. The number of aryl methyl sites for hydroxylation is 1. The second-order valence-corrected chi connectivity index (χ2v) is 8.06. The smallest absolute Gasteiger partial charge is 0.157 e. The maximum absolute atomic E-state index is 9.37. The molecule has 1 fully saturated rings. The maximum Gasteiger partial charge on any atom is 0.157 e. The van der Waals surface area contributed by atoms with Crippen molar-refractivity contribution in [3.63, 3.8) is 0 Å². The Hall–Kier alpha value is -3.08. The van der Waals surface area contributed by atoms with Crippen LogP contribution in [0.15, 0.2) is 30.5 Å². The van der Waals surface area contributed by atoms with E-state index in [1.54, 1.807) is 7.11 Å². The Morgan fingerprint density at radius 1 is 1.19 bits per heavy atom. The molecule has 4 rings (SSSR count). The van der Waals surface area contributed by atoms with E-state index in [1.807, 2.05) is 38.2 Å². The first-order valence-electron chi connectivity index (χ1n) is 10.5. The van der Waals surface area contributed by atoms with E-state index in [-0.39, 0.29) is 6.04 Å². The lowest BCUT2D eigenvalue weighted by atomic mass is 9.89. The number of aromatic nitrogens is 3. The molecule has 0 saturated carbocycles. The van der Waals surface area contributed by atoms with Gasteiger partial charge in [-0.3, -0.25) is 4.98 Å². The molecule has 0 aliphatic carbocycles. The molecule has 1 atom stereocenters. The quantitative estimate of drug-likeness (QED) is 0.660. The highest BCUT2D eigenvalue weighted by Gasteiger charge is 2.36. The number of anilines is 1. The summed E-state index contributed by atoms with van der Waals surface area (Å²) < 4.78 is 11.5. The van der Waals surface area contributed by atoms with Crippen LogP contribution in [0, 0.1) is 25.2 Å². The van der Waals surface area contributed by atoms with E-state index in [9.17, 15) is 5.26 Å². The van der Waals surface area contributed by atoms with Gasteiger partial charge in [0.25, 0.3) is 0 Å². The fourth-order valence-corrected chi connectivity index (χ4v) is 4.32. The van der Waals surface area contributed by atoms with Gasteiger partial charge in [-0.1, -0.05) is 12.1 Å². The lowest BCUT2D eigenvalue weighted by Crippen LogP contribution is -2.36. The largest absolute Gasteiger partial charge is 0.381 e. The van der Waals surface area contributed by atoms with Crippen LogP contribution >= 0.6 is 0 Å². The van der Waals surface area contributed by atoms with Crippen molar-refractivity contribution in [2.45, 2.75) is 45.3 Å². The topological polar surface area (TPSA) is 93.0 Å². The molecule has 2 aromatic heterocycles. The van der Waals surface area contributed by atoms with Crippen LogP contribution in [-0.2, 0) is 15.1 Å². The number of nitrogens with zero attached hydrogens (tertiary/aromatic N) is 4. The normalized spacial score (nSPS) is 16.6. The number of nitrogens with one attached hydrogen (secondary N) is 1. The van der Waals surface area contributed by atoms with Crippen LogP contribution in [0.5, 0.6) is 0 Å². The Bertz CT molecular complexity index is 1150. The van der Waals surface area contributed by atoms with Gasteiger partial charge >= 0.3 is 0 Å². The highest BCUT2D eigenvalue weighted by molar-refractivity contribution is 5.92. The van der Waals surface area contributed by atoms with Crippen molar-refractivity contribution in [1.82, 2.24) is 15.2 Å². The fourth-order valence-electron chi connectivity index (χ4n) is 4.32. The number of pyridine rings is 1. The number of fused-ring (bicyclic) bond motifs is 1. The minimum Gasteiger partial charge on any atom is -0.381 e. The Labute approximate surface area is 182 Å². The Morgan fingerprint density at radius 3 is 2.68 bits per heavy atom. The summed E-state index contributed by atoms with van der Waals surface area (Å²) in [6.45, 7) is 7.27. The standard InChI is InChI=1S/C24H27N5O2/c1-15-18(13-25)6-5-7-19(15)16(2)27-23-20-12-22(24(30-4)8-10-31-11-9-24)26-14-21(20)17(3)28-29-23/h5-7,12,14,16H,8-11H2,1-4H3,(H,27,29)/t16-/m1/s1. The van der Waals surface area contributed by atoms with Crippen molar-refractivity contribution in [2.75, 3.05) is 25.6 Å². The molecule has 1 aliphatic heterocycles. The Balaban J connectivity index is 1.76. The molecule has 7 heteroatoms. The molecular weight excluding hydrogens is 390 g/mol. The van der Waals surface area contributed by atoms with Gasteiger partial charge in [-0.05, 0) is 44.0 Å². The zero-order valence-electron chi connectivity index (χ0n) is 18.4. The molecule has 0 unspecified atom stereocenters. The van der Waals surface area contributed by atoms with Crippen molar-refractivity contribution in [1.29, 1.82) is 5.26 Å². The lowest BCUT2D eigenvalue weighted by Gasteiger charge is -2.35. The highest BCUT2D eigenvalue weighted by atomic mass is 16.5. The maximum atomic E-state index is 9.37. The average Bonchev–Trinajstić information content (AvgIpc) is 2.81. The second-order valence-electron chi connectivity index (χ2n) is 8.06. The number of rotatable bonds is 5. The monoisotopic (exact) mass is 417 g/mol. The molecule has 3 aromatic rings. The summed E-state index contributed by atoms with van der Waals surface area (Å²) in [5.41, 5.74) is 3.97. The number of nitriles is 1. The molecule has 0 amide bonds. The van der Waals surface area contributed by atoms with E-state index in [0.717, 1.165) is 46.1 Å². The second kappa shape index (κ2) is 8.58. The molecule has 3 heterocycles. The van der Waals surface area contributed by atoms with Crippen LogP contribution in [0.1, 0.15) is 53.9 Å². The van der Waals surface area contributed by atoms with Gasteiger partial charge in [0.1, 0.15) is 5.60 Å². The summed E-state index contributed by atoms with van der Waals surface area (Å²) in [5.74, 6) is 0.692. The van der Waals surface area contributed by atoms with E-state index >= 15 is 0 Å². The van der Waals surface area contributed by atoms with Crippen LogP contribution in [0.2, 0.25) is 0 Å². The summed E-state index contributed by atoms with van der Waals surface area (Å²) in [6, 6.07) is 10.1. The third kappa shape index (κ3) is 3.85. The lowest BCUT2D eigenvalue weighted by molar-refractivity contribution is -0.0972. The third-order valence-corrected chi connectivity index (χ3v) is 6.32. The Morgan fingerprint density at radius 2 is 1.97 bits per heavy atom. The van der Waals surface area contributed by atoms with Crippen LogP contribution in [0.4, 0.5) is 5.82 Å². The number of benzene rings is 1. The van der Waals surface area contributed by atoms with Gasteiger partial charge in [-0.15, -0.1) is 5.10 Å². The number of hydrogen-bond acceptors (Lipinski definition) is 7. The van der Waals surface area contributed by atoms with Crippen molar-refractivity contribution in [3.8, 4) is 6.07 Å². The van der Waals surface area contributed by atoms with Crippen LogP contribution < -0.4 is 5.32 Å². The number of hydrogen-bond donors (Lipinski definition) is 1. The molecule has 31 heavy (non-hydrogen) atoms. The summed E-state index contributed by atoms with van der Waals surface area (Å²) >= 11 is 0. The van der Waals surface area contributed by atoms with Gasteiger partial charge < -0.3 is 14.8 Å². The molecule has 0 bridgehead atoms. The molecule has 1 aromatic carbocycles. The zero-order chi connectivity index (χ0) is 22.0. The average molecular weight is 418 g/mol. The van der Waals surface area contributed by atoms with Gasteiger partial charge in [-0.2, -0.15) is 10.4 Å². The molecule has 7 nitrogen and oxygen atoms in total. The molecule has 1 aliphatic rings. The van der Waals surface area contributed by atoms with Gasteiger partial charge in [0.05, 0.1) is 29.1 Å². The van der Waals surface area contributed by atoms with Crippen LogP contribution in [0.3, 0.4) is 0 Å². The first-order valence-corrected chi connectivity index (χ1v) is 10.5. The van der Waals surface area contributed by atoms with E-state index < -0.39 is 5.60 Å². The predicted octanol–water partition coefficient (Wildman–Crippen LogP) is 4.34. The van der Waals surface area contributed by atoms with E-state index in [0.29, 0.717) is 24.6 Å². The van der Waals surface area contributed by atoms with E-state index in [4.69, 9.17) is 14.5 Å². The molecule has 1 N–H and O–H groups in total. The fraction of sp³-hybridized carbons (Fsp3) is 0.417. The van der Waals surface area contributed by atoms with Crippen molar-refractivity contribution < 1.29 is 9.47 Å². The zero-order valence-corrected chi connectivity index (χ0v) is 18.4. The molecule has 0 spiro atoms. The number of methoxy groups -OCH3 is 1. The van der Waals surface area contributed by atoms with Gasteiger partial charge in [0.15, 0.2) is 5.82 Å². The molecule has 1 saturated heterocycles. The minimum atomic E-state index is -0.454. The predicted molar refractivity (Wildman–Crippen MR) is 119 cm³/mol. The van der Waals surface area contributed by atoms with Crippen LogP contribution in [-0.4, -0.2) is 35.5 Å². The summed E-state index contributed by atoms with van der Waals surface area (Å²) in [6.07, 6.45) is 3.39. The van der Waals surface area contributed by atoms with Crippen molar-refractivity contribution >= 4 is 16.6 Å². The summed E-state index contributed by atoms with van der Waals surface area (Å²) in [4.78, 5) is 4.74. The molecular formula is C24H27N5O2. The highest BCUT2D eigenvalue weighted by Crippen LogP contribution is 2.37. The first kappa shape index (κ1) is 21.2. The molecule has 0 radical (unpaired) electrons.